The predicted molar refractivity (Wildman–Crippen MR) is 134 cm³/mol. The van der Waals surface area contributed by atoms with Gasteiger partial charge in [0.2, 0.25) is 0 Å². The van der Waals surface area contributed by atoms with Gasteiger partial charge in [0.25, 0.3) is 0 Å². The van der Waals surface area contributed by atoms with E-state index in [2.05, 4.69) is 24.1 Å². The molecule has 4 heterocycles. The summed E-state index contributed by atoms with van der Waals surface area (Å²) in [5.74, 6) is -5.70. The Hall–Kier alpha value is -3.16. The van der Waals surface area contributed by atoms with Crippen molar-refractivity contribution in [1.29, 1.82) is 0 Å². The molecule has 0 aromatic carbocycles. The molecule has 0 saturated carbocycles. The molecular weight excluding hydrogens is 545 g/mol. The molecule has 2 aliphatic rings. The van der Waals surface area contributed by atoms with Gasteiger partial charge in [0.05, 0.1) is 27.6 Å². The van der Waals surface area contributed by atoms with Gasteiger partial charge in [-0.1, -0.05) is 0 Å². The lowest BCUT2D eigenvalue weighted by atomic mass is 9.88. The number of nitrogens with two attached hydrogens (primary N) is 1. The first-order chi connectivity index (χ1) is 18.1. The molecule has 0 aliphatic carbocycles. The van der Waals surface area contributed by atoms with Gasteiger partial charge in [-0.15, -0.1) is 0 Å². The third-order valence-corrected chi connectivity index (χ3v) is 10.8. The van der Waals surface area contributed by atoms with Crippen LogP contribution in [-0.2, 0) is 21.7 Å². The van der Waals surface area contributed by atoms with E-state index in [-0.39, 0.29) is 35.1 Å². The molecule has 0 amide bonds. The highest BCUT2D eigenvalue weighted by Gasteiger charge is 2.56. The van der Waals surface area contributed by atoms with Crippen molar-refractivity contribution < 1.29 is 35.7 Å². The Kier molecular flexibility index (Phi) is 7.47. The number of ketones is 1. The first-order valence-corrected chi connectivity index (χ1v) is 13.7. The molecule has 2 N–H and O–H groups in total. The zero-order valence-electron chi connectivity index (χ0n) is 21.5. The minimum absolute atomic E-state index is 0.0716. The maximum absolute atomic E-state index is 15.2. The van der Waals surface area contributed by atoms with Crippen LogP contribution in [0, 0.1) is 5.82 Å². The molecular formula is C25H28F5N5O3S. The van der Waals surface area contributed by atoms with Crippen LogP contribution >= 0.6 is 0 Å². The van der Waals surface area contributed by atoms with Crippen LogP contribution in [0.3, 0.4) is 0 Å². The number of fused-ring (bicyclic) bond motifs is 1. The van der Waals surface area contributed by atoms with Gasteiger partial charge in [-0.3, -0.25) is 14.8 Å². The average Bonchev–Trinajstić information content (AvgIpc) is 2.88. The SMILES string of the molecule is CC1(C)C(N)=N[C@](C)(c2nc(CC(=O)c3ccc(OCC(F)(F)C(F)F)cn3)ccc2F)[C@@H]2CCCN=[S@@]21=O. The molecule has 0 spiro atoms. The summed E-state index contributed by atoms with van der Waals surface area (Å²) in [6, 6.07) is 4.82. The topological polar surface area (TPSA) is 120 Å². The summed E-state index contributed by atoms with van der Waals surface area (Å²) in [4.78, 5) is 25.7. The number of halogens is 5. The van der Waals surface area contributed by atoms with Gasteiger partial charge in [-0.25, -0.2) is 26.7 Å². The van der Waals surface area contributed by atoms with Crippen LogP contribution in [0.4, 0.5) is 22.0 Å². The van der Waals surface area contributed by atoms with Crippen LogP contribution in [0.25, 0.3) is 0 Å². The summed E-state index contributed by atoms with van der Waals surface area (Å²) in [5.41, 5.74) is 4.87. The lowest BCUT2D eigenvalue weighted by Crippen LogP contribution is -2.60. The number of hydrogen-bond donors (Lipinski definition) is 1. The van der Waals surface area contributed by atoms with Gasteiger partial charge in [-0.2, -0.15) is 8.78 Å². The number of hydrogen-bond acceptors (Lipinski definition) is 8. The number of pyridine rings is 2. The molecule has 4 rings (SSSR count). The number of alkyl halides is 4. The van der Waals surface area contributed by atoms with E-state index >= 15 is 4.39 Å². The smallest absolute Gasteiger partial charge is 0.340 e. The lowest BCUT2D eigenvalue weighted by Gasteiger charge is -2.47. The third-order valence-electron chi connectivity index (χ3n) is 7.12. The van der Waals surface area contributed by atoms with Crippen LogP contribution in [0.1, 0.15) is 55.5 Å². The average molecular weight is 574 g/mol. The summed E-state index contributed by atoms with van der Waals surface area (Å²) >= 11 is 0. The van der Waals surface area contributed by atoms with Crippen molar-refractivity contribution in [1.82, 2.24) is 9.97 Å². The Morgan fingerprint density at radius 2 is 1.95 bits per heavy atom. The molecule has 0 bridgehead atoms. The summed E-state index contributed by atoms with van der Waals surface area (Å²) in [5, 5.41) is -0.652. The van der Waals surface area contributed by atoms with Crippen molar-refractivity contribution in [2.45, 2.75) is 67.9 Å². The van der Waals surface area contributed by atoms with E-state index in [4.69, 9.17) is 5.73 Å². The molecule has 3 atom stereocenters. The molecule has 2 aliphatic heterocycles. The fourth-order valence-corrected chi connectivity index (χ4v) is 7.94. The van der Waals surface area contributed by atoms with Crippen LogP contribution in [0.2, 0.25) is 0 Å². The molecule has 212 valence electrons. The highest BCUT2D eigenvalue weighted by atomic mass is 32.2. The molecule has 39 heavy (non-hydrogen) atoms. The van der Waals surface area contributed by atoms with Crippen molar-refractivity contribution in [2.75, 3.05) is 13.2 Å². The van der Waals surface area contributed by atoms with Crippen molar-refractivity contribution >= 4 is 21.3 Å². The van der Waals surface area contributed by atoms with E-state index in [0.29, 0.717) is 19.4 Å². The van der Waals surface area contributed by atoms with E-state index in [1.54, 1.807) is 20.8 Å². The predicted octanol–water partition coefficient (Wildman–Crippen LogP) is 4.32. The van der Waals surface area contributed by atoms with E-state index in [9.17, 15) is 26.6 Å². The number of nitrogens with zero attached hydrogens (tertiary/aromatic N) is 4. The molecule has 14 heteroatoms. The number of ether oxygens (including phenoxy) is 1. The van der Waals surface area contributed by atoms with Crippen LogP contribution in [0.15, 0.2) is 39.8 Å². The Morgan fingerprint density at radius 3 is 2.59 bits per heavy atom. The monoisotopic (exact) mass is 573 g/mol. The van der Waals surface area contributed by atoms with Gasteiger partial charge >= 0.3 is 12.3 Å². The largest absolute Gasteiger partial charge is 0.485 e. The number of aliphatic imine (C=N–C) groups is 1. The highest BCUT2D eigenvalue weighted by Crippen LogP contribution is 2.46. The van der Waals surface area contributed by atoms with E-state index in [1.165, 1.54) is 12.1 Å². The van der Waals surface area contributed by atoms with Gasteiger partial charge in [0.1, 0.15) is 39.1 Å². The van der Waals surface area contributed by atoms with Crippen molar-refractivity contribution in [3.8, 4) is 5.75 Å². The van der Waals surface area contributed by atoms with E-state index in [1.807, 2.05) is 0 Å². The second kappa shape index (κ2) is 10.1. The summed E-state index contributed by atoms with van der Waals surface area (Å²) in [6.45, 7) is 3.89. The van der Waals surface area contributed by atoms with Crippen LogP contribution in [0.5, 0.6) is 5.75 Å². The Balaban J connectivity index is 1.58. The van der Waals surface area contributed by atoms with Crippen LogP contribution in [-0.4, -0.2) is 61.3 Å². The second-order valence-electron chi connectivity index (χ2n) is 10.2. The van der Waals surface area contributed by atoms with Crippen LogP contribution < -0.4 is 10.5 Å². The molecule has 0 radical (unpaired) electrons. The summed E-state index contributed by atoms with van der Waals surface area (Å²) in [7, 11) is -2.95. The Labute approximate surface area is 222 Å². The normalized spacial score (nSPS) is 26.4. The van der Waals surface area contributed by atoms with Crippen molar-refractivity contribution in [3.05, 3.63) is 53.4 Å². The van der Waals surface area contributed by atoms with Gasteiger partial charge < -0.3 is 10.5 Å². The minimum Gasteiger partial charge on any atom is -0.485 e. The van der Waals surface area contributed by atoms with E-state index < -0.39 is 55.8 Å². The standard InChI is InChI=1S/C25H28F5N5O3S/c1-23(2)22(31)35-24(3,19-5-4-10-33-39(19,23)37)20-16(26)8-6-14(34-20)11-18(36)17-9-7-15(12-32-17)38-13-25(29,30)21(27)28/h6-9,12,19,21H,4-5,10-11,13H2,1-3H3,(H2,31,35)/t19-,24-,39+/m0/s1. The first-order valence-electron chi connectivity index (χ1n) is 12.1. The molecule has 8 nitrogen and oxygen atoms in total. The minimum atomic E-state index is -4.33. The number of amidine groups is 1. The lowest BCUT2D eigenvalue weighted by molar-refractivity contribution is -0.148. The zero-order chi connectivity index (χ0) is 28.8. The van der Waals surface area contributed by atoms with Gasteiger partial charge in [0.15, 0.2) is 12.4 Å². The number of aromatic nitrogens is 2. The number of rotatable bonds is 8. The second-order valence-corrected chi connectivity index (χ2v) is 13.2. The quantitative estimate of drug-likeness (QED) is 0.371. The summed E-state index contributed by atoms with van der Waals surface area (Å²) in [6.07, 6.45) is -2.10. The van der Waals surface area contributed by atoms with E-state index in [0.717, 1.165) is 18.3 Å². The molecule has 2 aromatic heterocycles. The van der Waals surface area contributed by atoms with Crippen molar-refractivity contribution in [3.63, 3.8) is 0 Å². The Bertz CT molecular complexity index is 1420. The fraction of sp³-hybridized carbons (Fsp3) is 0.520. The molecule has 2 aromatic rings. The zero-order valence-corrected chi connectivity index (χ0v) is 22.3. The van der Waals surface area contributed by atoms with Crippen molar-refractivity contribution in [2.24, 2.45) is 15.1 Å². The molecule has 0 unspecified atom stereocenters. The highest BCUT2D eigenvalue weighted by molar-refractivity contribution is 7.96. The maximum Gasteiger partial charge on any atom is 0.340 e. The molecule has 0 saturated heterocycles. The first kappa shape index (κ1) is 28.8. The third kappa shape index (κ3) is 5.10. The maximum atomic E-state index is 15.2. The molecule has 0 fully saturated rings. The number of Topliss-reactive ketones (excluding diaryl/α,β-unsaturated/α-hetero) is 1. The van der Waals surface area contributed by atoms with Gasteiger partial charge in [0, 0.05) is 12.2 Å². The fourth-order valence-electron chi connectivity index (χ4n) is 4.71. The van der Waals surface area contributed by atoms with Gasteiger partial charge in [-0.05, 0) is 57.9 Å². The summed E-state index contributed by atoms with van der Waals surface area (Å²) < 4.78 is 88.1. The Morgan fingerprint density at radius 1 is 1.23 bits per heavy atom. The number of carbonyl (C=O) groups excluding carboxylic acids is 1. The number of carbonyl (C=O) groups is 1.